The summed E-state index contributed by atoms with van der Waals surface area (Å²) in [4.78, 5) is 24.6. The first-order chi connectivity index (χ1) is 15.3. The number of ether oxygens (including phenoxy) is 2. The zero-order chi connectivity index (χ0) is 23.3. The minimum atomic E-state index is -0.591. The molecule has 2 aromatic rings. The molecule has 0 saturated carbocycles. The minimum Gasteiger partial charge on any atom is -0.493 e. The number of carbonyl (C=O) groups is 2. The highest BCUT2D eigenvalue weighted by atomic mass is 35.5. The summed E-state index contributed by atoms with van der Waals surface area (Å²) in [6, 6.07) is 10.7. The van der Waals surface area contributed by atoms with E-state index in [0.717, 1.165) is 22.9 Å². The van der Waals surface area contributed by atoms with Crippen molar-refractivity contribution >= 4 is 51.7 Å². The molecule has 8 nitrogen and oxygen atoms in total. The van der Waals surface area contributed by atoms with Crippen molar-refractivity contribution in [3.05, 3.63) is 52.5 Å². The summed E-state index contributed by atoms with van der Waals surface area (Å²) in [5.74, 6) is 0.619. The molecule has 10 heteroatoms. The number of thioether (sulfide) groups is 1. The second-order valence-corrected chi connectivity index (χ2v) is 8.57. The maximum absolute atomic E-state index is 12.3. The molecule has 32 heavy (non-hydrogen) atoms. The van der Waals surface area contributed by atoms with Gasteiger partial charge in [-0.05, 0) is 49.7 Å². The van der Waals surface area contributed by atoms with Gasteiger partial charge >= 0.3 is 0 Å². The Labute approximate surface area is 195 Å². The molecular weight excluding hydrogens is 452 g/mol. The lowest BCUT2D eigenvalue weighted by Crippen LogP contribution is -2.28. The molecule has 0 spiro atoms. The van der Waals surface area contributed by atoms with E-state index in [1.54, 1.807) is 45.4 Å². The van der Waals surface area contributed by atoms with Crippen molar-refractivity contribution in [1.82, 2.24) is 5.32 Å². The van der Waals surface area contributed by atoms with Gasteiger partial charge in [0.1, 0.15) is 5.25 Å². The maximum atomic E-state index is 12.3. The van der Waals surface area contributed by atoms with Gasteiger partial charge in [0.15, 0.2) is 16.7 Å². The Morgan fingerprint density at radius 2 is 1.94 bits per heavy atom. The SMILES string of the molecule is COc1ccc(/C(C)=N\N=C2/NC(=O)C(CC(=O)Nc3ccc(C)c(Cl)c3)S2)cc1OC. The minimum absolute atomic E-state index is 0.000605. The van der Waals surface area contributed by atoms with Crippen molar-refractivity contribution in [1.29, 1.82) is 0 Å². The van der Waals surface area contributed by atoms with E-state index in [-0.39, 0.29) is 18.2 Å². The summed E-state index contributed by atoms with van der Waals surface area (Å²) < 4.78 is 10.5. The average Bonchev–Trinajstić information content (AvgIpc) is 3.12. The quantitative estimate of drug-likeness (QED) is 0.466. The number of halogens is 1. The molecule has 1 aliphatic heterocycles. The molecule has 2 N–H and O–H groups in total. The lowest BCUT2D eigenvalue weighted by atomic mass is 10.1. The fourth-order valence-electron chi connectivity index (χ4n) is 2.88. The second-order valence-electron chi connectivity index (χ2n) is 6.97. The van der Waals surface area contributed by atoms with Crippen molar-refractivity contribution in [3.63, 3.8) is 0 Å². The number of hydrogen-bond acceptors (Lipinski definition) is 7. The molecular formula is C22H23ClN4O4S. The van der Waals surface area contributed by atoms with Gasteiger partial charge in [-0.3, -0.25) is 9.59 Å². The number of rotatable bonds is 7. The van der Waals surface area contributed by atoms with E-state index in [2.05, 4.69) is 20.8 Å². The van der Waals surface area contributed by atoms with Crippen LogP contribution in [0.3, 0.4) is 0 Å². The molecule has 0 aliphatic carbocycles. The molecule has 3 rings (SSSR count). The summed E-state index contributed by atoms with van der Waals surface area (Å²) >= 11 is 7.25. The van der Waals surface area contributed by atoms with Crippen LogP contribution in [0.25, 0.3) is 0 Å². The lowest BCUT2D eigenvalue weighted by Gasteiger charge is -2.09. The Hall–Kier alpha value is -3.04. The summed E-state index contributed by atoms with van der Waals surface area (Å²) in [7, 11) is 3.12. The number of amides is 2. The third-order valence-corrected chi connectivity index (χ3v) is 6.17. The van der Waals surface area contributed by atoms with Gasteiger partial charge in [-0.15, -0.1) is 5.10 Å². The predicted octanol–water partition coefficient (Wildman–Crippen LogP) is 4.01. The number of hydrogen-bond donors (Lipinski definition) is 2. The Morgan fingerprint density at radius 1 is 1.19 bits per heavy atom. The van der Waals surface area contributed by atoms with E-state index < -0.39 is 5.25 Å². The fraction of sp³-hybridized carbons (Fsp3) is 0.273. The van der Waals surface area contributed by atoms with Gasteiger partial charge in [0.25, 0.3) is 0 Å². The van der Waals surface area contributed by atoms with Crippen LogP contribution in [0.5, 0.6) is 11.5 Å². The van der Waals surface area contributed by atoms with Gasteiger partial charge in [-0.25, -0.2) is 0 Å². The number of nitrogens with one attached hydrogen (secondary N) is 2. The first-order valence-corrected chi connectivity index (χ1v) is 10.9. The van der Waals surface area contributed by atoms with Gasteiger partial charge in [0.05, 0.1) is 19.9 Å². The first-order valence-electron chi connectivity index (χ1n) is 9.69. The monoisotopic (exact) mass is 474 g/mol. The molecule has 0 bridgehead atoms. The number of nitrogens with zero attached hydrogens (tertiary/aromatic N) is 2. The molecule has 2 amide bonds. The molecule has 1 saturated heterocycles. The molecule has 1 unspecified atom stereocenters. The van der Waals surface area contributed by atoms with Crippen molar-refractivity contribution in [3.8, 4) is 11.5 Å². The molecule has 0 aromatic heterocycles. The van der Waals surface area contributed by atoms with Gasteiger partial charge in [-0.1, -0.05) is 29.4 Å². The summed E-state index contributed by atoms with van der Waals surface area (Å²) in [6.07, 6.45) is -0.000605. The predicted molar refractivity (Wildman–Crippen MR) is 128 cm³/mol. The van der Waals surface area contributed by atoms with Crippen molar-refractivity contribution < 1.29 is 19.1 Å². The van der Waals surface area contributed by atoms with Gasteiger partial charge in [0.2, 0.25) is 11.8 Å². The smallest absolute Gasteiger partial charge is 0.240 e. The van der Waals surface area contributed by atoms with Crippen LogP contribution in [-0.2, 0) is 9.59 Å². The van der Waals surface area contributed by atoms with Crippen LogP contribution < -0.4 is 20.1 Å². The van der Waals surface area contributed by atoms with Crippen LogP contribution >= 0.6 is 23.4 Å². The molecule has 1 fully saturated rings. The number of methoxy groups -OCH3 is 2. The molecule has 168 valence electrons. The van der Waals surface area contributed by atoms with Crippen molar-refractivity contribution in [2.75, 3.05) is 19.5 Å². The van der Waals surface area contributed by atoms with E-state index in [4.69, 9.17) is 21.1 Å². The van der Waals surface area contributed by atoms with E-state index in [9.17, 15) is 9.59 Å². The van der Waals surface area contributed by atoms with Crippen LogP contribution in [0.15, 0.2) is 46.6 Å². The van der Waals surface area contributed by atoms with Crippen molar-refractivity contribution in [2.45, 2.75) is 25.5 Å². The zero-order valence-electron chi connectivity index (χ0n) is 18.1. The third kappa shape index (κ3) is 5.80. The van der Waals surface area contributed by atoms with Crippen LogP contribution in [0.1, 0.15) is 24.5 Å². The van der Waals surface area contributed by atoms with Gasteiger partial charge in [0, 0.05) is 22.7 Å². The molecule has 2 aromatic carbocycles. The number of benzene rings is 2. The maximum Gasteiger partial charge on any atom is 0.240 e. The van der Waals surface area contributed by atoms with E-state index >= 15 is 0 Å². The average molecular weight is 475 g/mol. The Bertz CT molecular complexity index is 1100. The first kappa shape index (κ1) is 23.6. The highest BCUT2D eigenvalue weighted by molar-refractivity contribution is 8.15. The topological polar surface area (TPSA) is 101 Å². The fourth-order valence-corrected chi connectivity index (χ4v) is 3.98. The molecule has 1 heterocycles. The van der Waals surface area contributed by atoms with E-state index in [1.165, 1.54) is 0 Å². The van der Waals surface area contributed by atoms with Gasteiger partial charge in [-0.2, -0.15) is 5.10 Å². The zero-order valence-corrected chi connectivity index (χ0v) is 19.6. The summed E-state index contributed by atoms with van der Waals surface area (Å²) in [5.41, 5.74) is 2.93. The largest absolute Gasteiger partial charge is 0.493 e. The molecule has 1 atom stereocenters. The number of anilines is 1. The van der Waals surface area contributed by atoms with Gasteiger partial charge < -0.3 is 20.1 Å². The van der Waals surface area contributed by atoms with Crippen LogP contribution in [-0.4, -0.2) is 42.2 Å². The second kappa shape index (κ2) is 10.5. The van der Waals surface area contributed by atoms with Crippen LogP contribution in [0, 0.1) is 6.92 Å². The Balaban J connectivity index is 1.63. The summed E-state index contributed by atoms with van der Waals surface area (Å²) in [6.45, 7) is 3.67. The van der Waals surface area contributed by atoms with E-state index in [1.807, 2.05) is 19.1 Å². The molecule has 0 radical (unpaired) electrons. The number of amidine groups is 1. The Kier molecular flexibility index (Phi) is 7.76. The van der Waals surface area contributed by atoms with E-state index in [0.29, 0.717) is 33.1 Å². The highest BCUT2D eigenvalue weighted by Gasteiger charge is 2.32. The highest BCUT2D eigenvalue weighted by Crippen LogP contribution is 2.28. The standard InChI is InChI=1S/C22H23ClN4O4S/c1-12-5-7-15(10-16(12)23)24-20(28)11-19-21(29)25-22(32-19)27-26-13(2)14-6-8-17(30-3)18(9-14)31-4/h5-10,19H,11H2,1-4H3,(H,24,28)(H,25,27,29)/b26-13-. The number of aryl methyl sites for hydroxylation is 1. The Morgan fingerprint density at radius 3 is 2.62 bits per heavy atom. The van der Waals surface area contributed by atoms with Crippen LogP contribution in [0.4, 0.5) is 5.69 Å². The number of carbonyl (C=O) groups excluding carboxylic acids is 2. The normalized spacial score (nSPS) is 17.3. The third-order valence-electron chi connectivity index (χ3n) is 4.69. The van der Waals surface area contributed by atoms with Crippen LogP contribution in [0.2, 0.25) is 5.02 Å². The molecule has 1 aliphatic rings. The lowest BCUT2D eigenvalue weighted by molar-refractivity contribution is -0.122. The van der Waals surface area contributed by atoms with Crippen molar-refractivity contribution in [2.24, 2.45) is 10.2 Å². The summed E-state index contributed by atoms with van der Waals surface area (Å²) in [5, 5.41) is 14.1.